The van der Waals surface area contributed by atoms with E-state index in [0.29, 0.717) is 43.4 Å². The van der Waals surface area contributed by atoms with Gasteiger partial charge in [0.05, 0.1) is 12.1 Å². The standard InChI is InChI=1S/C49H81N17O11S/c1-26(60-41(70)34(16-10-21-57-49(54)55)62-44(73)37-17-11-22-66(37)46(75)31(51)13-9-20-56-48(52)53)39(68)59-27(2)40(69)61-33(15-7-8-19-50)42(71)65-38(28(3)67)45(74)64-36(43(72)63-35(47(76)77)18-23-78-4)24-29-25-58-32-14-6-5-12-30(29)32/h5-6,12,14,25-28,31,33-38,58,67H,7-11,13,15-24,50-51H2,1-4H3,(H,59,68)(H,60,70)(H,61,69)(H,62,73)(H,63,72)(H,64,74)(H,65,71)(H,76,77)(H4,52,53,56)(H4,54,55,57)/t26-,27-,28+,31-,33-,34-,35-,36-,37-,38-/m0/s1. The number of rotatable bonds is 34. The summed E-state index contributed by atoms with van der Waals surface area (Å²) in [6.45, 7) is 4.77. The summed E-state index contributed by atoms with van der Waals surface area (Å²) in [6, 6.07) is -4.17. The number of thioether (sulfide) groups is 1. The third kappa shape index (κ3) is 21.3. The number of carbonyl (C=O) groups excluding carboxylic acids is 8. The monoisotopic (exact) mass is 1120 g/mol. The van der Waals surface area contributed by atoms with E-state index in [1.165, 1.54) is 37.4 Å². The second-order valence-electron chi connectivity index (χ2n) is 19.1. The highest BCUT2D eigenvalue weighted by Crippen LogP contribution is 2.21. The molecular weight excluding hydrogens is 1030 g/mol. The van der Waals surface area contributed by atoms with Crippen molar-refractivity contribution in [2.24, 2.45) is 44.4 Å². The molecule has 1 aliphatic rings. The number of amides is 8. The van der Waals surface area contributed by atoms with E-state index in [4.69, 9.17) is 34.4 Å². The van der Waals surface area contributed by atoms with Gasteiger partial charge in [-0.3, -0.25) is 48.3 Å². The van der Waals surface area contributed by atoms with Crippen molar-refractivity contribution in [1.29, 1.82) is 0 Å². The van der Waals surface area contributed by atoms with Crippen LogP contribution in [0.1, 0.15) is 90.5 Å². The molecule has 0 radical (unpaired) electrons. The van der Waals surface area contributed by atoms with Crippen LogP contribution in [0.15, 0.2) is 40.4 Å². The summed E-state index contributed by atoms with van der Waals surface area (Å²) in [6.07, 6.45) is 4.36. The van der Waals surface area contributed by atoms with Crippen LogP contribution in [-0.4, -0.2) is 184 Å². The van der Waals surface area contributed by atoms with Crippen LogP contribution >= 0.6 is 11.8 Å². The van der Waals surface area contributed by atoms with E-state index in [2.05, 4.69) is 52.2 Å². The maximum atomic E-state index is 14.0. The molecule has 434 valence electrons. The van der Waals surface area contributed by atoms with Gasteiger partial charge in [-0.25, -0.2) is 4.79 Å². The zero-order valence-corrected chi connectivity index (χ0v) is 45.6. The maximum Gasteiger partial charge on any atom is 0.326 e. The van der Waals surface area contributed by atoms with Gasteiger partial charge in [-0.1, -0.05) is 18.2 Å². The first-order valence-corrected chi connectivity index (χ1v) is 27.3. The molecule has 0 aliphatic carbocycles. The number of nitrogens with one attached hydrogen (secondary N) is 8. The number of aliphatic hydroxyl groups excluding tert-OH is 1. The summed E-state index contributed by atoms with van der Waals surface area (Å²) in [5.74, 6) is -7.36. The number of guanidine groups is 2. The topological polar surface area (TPSA) is 478 Å². The number of hydrogen-bond donors (Lipinski definition) is 16. The van der Waals surface area contributed by atoms with Crippen molar-refractivity contribution < 1.29 is 53.4 Å². The van der Waals surface area contributed by atoms with Crippen molar-refractivity contribution in [3.05, 3.63) is 36.0 Å². The Morgan fingerprint density at radius 3 is 1.87 bits per heavy atom. The van der Waals surface area contributed by atoms with Gasteiger partial charge in [0.25, 0.3) is 0 Å². The number of aromatic amines is 1. The molecule has 78 heavy (non-hydrogen) atoms. The number of benzene rings is 1. The normalized spacial score (nSPS) is 16.6. The number of hydrogen-bond acceptors (Lipinski definition) is 15. The number of aliphatic hydroxyl groups is 1. The summed E-state index contributed by atoms with van der Waals surface area (Å²) in [7, 11) is 0. The predicted octanol–water partition coefficient (Wildman–Crippen LogP) is -4.08. The van der Waals surface area contributed by atoms with Crippen LogP contribution < -0.4 is 71.6 Å². The van der Waals surface area contributed by atoms with E-state index in [9.17, 15) is 53.4 Å². The molecule has 0 bridgehead atoms. The zero-order valence-electron chi connectivity index (χ0n) is 44.8. The quantitative estimate of drug-likeness (QED) is 0.0180. The van der Waals surface area contributed by atoms with Gasteiger partial charge in [0.2, 0.25) is 47.3 Å². The lowest BCUT2D eigenvalue weighted by Gasteiger charge is -2.29. The lowest BCUT2D eigenvalue weighted by Crippen LogP contribution is -2.61. The largest absolute Gasteiger partial charge is 0.480 e. The van der Waals surface area contributed by atoms with Gasteiger partial charge in [0, 0.05) is 43.2 Å². The zero-order chi connectivity index (χ0) is 58.1. The highest BCUT2D eigenvalue weighted by atomic mass is 32.2. The van der Waals surface area contributed by atoms with Crippen molar-refractivity contribution in [1.82, 2.24) is 47.1 Å². The number of carboxylic acids is 1. The first-order valence-electron chi connectivity index (χ1n) is 25.9. The maximum absolute atomic E-state index is 14.0. The summed E-state index contributed by atoms with van der Waals surface area (Å²) in [5.41, 5.74) is 34.9. The number of unbranched alkanes of at least 4 members (excludes halogenated alkanes) is 1. The Bertz CT molecular complexity index is 2410. The highest BCUT2D eigenvalue weighted by molar-refractivity contribution is 7.98. The van der Waals surface area contributed by atoms with Gasteiger partial charge in [-0.2, -0.15) is 11.8 Å². The van der Waals surface area contributed by atoms with E-state index in [-0.39, 0.29) is 76.6 Å². The number of para-hydroxylation sites is 1. The van der Waals surface area contributed by atoms with Crippen LogP contribution in [0.25, 0.3) is 10.9 Å². The minimum absolute atomic E-state index is 0.00480. The minimum atomic E-state index is -1.69. The molecule has 28 nitrogen and oxygen atoms in total. The number of aliphatic imine (C=N–C) groups is 2. The lowest BCUT2D eigenvalue weighted by molar-refractivity contribution is -0.142. The summed E-state index contributed by atoms with van der Waals surface area (Å²) >= 11 is 1.39. The van der Waals surface area contributed by atoms with Crippen LogP contribution in [-0.2, 0) is 49.6 Å². The fourth-order valence-electron chi connectivity index (χ4n) is 8.46. The van der Waals surface area contributed by atoms with Gasteiger partial charge >= 0.3 is 5.97 Å². The van der Waals surface area contributed by atoms with Crippen LogP contribution in [0, 0.1) is 0 Å². The van der Waals surface area contributed by atoms with E-state index in [1.54, 1.807) is 24.6 Å². The van der Waals surface area contributed by atoms with Gasteiger partial charge in [-0.05, 0) is 115 Å². The number of aliphatic carboxylic acids is 1. The molecule has 10 atom stereocenters. The number of likely N-dealkylation sites (tertiary alicyclic amines) is 1. The number of carbonyl (C=O) groups is 9. The summed E-state index contributed by atoms with van der Waals surface area (Å²) in [5, 5.41) is 39.4. The molecule has 1 fully saturated rings. The van der Waals surface area contributed by atoms with Crippen LogP contribution in [0.4, 0.5) is 0 Å². The SMILES string of the molecule is CSCC[C@H](NC(=O)[C@H](Cc1c[nH]c2ccccc12)NC(=O)[C@@H](NC(=O)[C@H](CCCCN)NC(=O)[C@H](C)NC(=O)[C@H](C)NC(=O)[C@H](CCCN=C(N)N)NC(=O)[C@@H]1CCCN1C(=O)[C@@H](N)CCCN=C(N)N)[C@@H](C)O)C(=O)O. The minimum Gasteiger partial charge on any atom is -0.480 e. The van der Waals surface area contributed by atoms with Crippen LogP contribution in [0.5, 0.6) is 0 Å². The van der Waals surface area contributed by atoms with Gasteiger partial charge in [0.15, 0.2) is 11.9 Å². The van der Waals surface area contributed by atoms with Crippen molar-refractivity contribution >= 4 is 87.8 Å². The Hall–Kier alpha value is -7.24. The molecule has 1 aromatic heterocycles. The number of carboxylic acid groups (broad SMARTS) is 1. The fraction of sp³-hybridized carbons (Fsp3) is 0.612. The number of nitrogens with two attached hydrogens (primary N) is 6. The van der Waals surface area contributed by atoms with Crippen molar-refractivity contribution in [3.8, 4) is 0 Å². The van der Waals surface area contributed by atoms with Crippen LogP contribution in [0.2, 0.25) is 0 Å². The van der Waals surface area contributed by atoms with Gasteiger partial charge in [0.1, 0.15) is 48.3 Å². The van der Waals surface area contributed by atoms with Crippen molar-refractivity contribution in [2.75, 3.05) is 38.2 Å². The average molecular weight is 1120 g/mol. The van der Waals surface area contributed by atoms with Crippen molar-refractivity contribution in [3.63, 3.8) is 0 Å². The molecule has 0 spiro atoms. The highest BCUT2D eigenvalue weighted by Gasteiger charge is 2.39. The molecule has 3 rings (SSSR count). The first-order chi connectivity index (χ1) is 37.0. The summed E-state index contributed by atoms with van der Waals surface area (Å²) < 4.78 is 0. The predicted molar refractivity (Wildman–Crippen MR) is 295 cm³/mol. The smallest absolute Gasteiger partial charge is 0.326 e. The average Bonchev–Trinajstić information content (AvgIpc) is 4.05. The Balaban J connectivity index is 1.73. The Morgan fingerprint density at radius 1 is 0.705 bits per heavy atom. The lowest BCUT2D eigenvalue weighted by atomic mass is 10.0. The Morgan fingerprint density at radius 2 is 1.26 bits per heavy atom. The Kier molecular flexibility index (Phi) is 27.6. The molecule has 0 saturated carbocycles. The van der Waals surface area contributed by atoms with Crippen LogP contribution in [0.3, 0.4) is 0 Å². The molecule has 1 aromatic carbocycles. The first kappa shape index (κ1) is 65.0. The third-order valence-corrected chi connectivity index (χ3v) is 13.4. The number of nitrogens with zero attached hydrogens (tertiary/aromatic N) is 3. The molecule has 8 amide bonds. The number of H-pyrrole nitrogens is 1. The molecular formula is C49H81N17O11S. The summed E-state index contributed by atoms with van der Waals surface area (Å²) in [4.78, 5) is 134. The van der Waals surface area contributed by atoms with E-state index in [1.807, 2.05) is 12.1 Å². The molecule has 29 heteroatoms. The second kappa shape index (κ2) is 33.1. The molecule has 2 heterocycles. The van der Waals surface area contributed by atoms with Crippen molar-refractivity contribution in [2.45, 2.75) is 152 Å². The van der Waals surface area contributed by atoms with E-state index < -0.39 is 114 Å². The molecule has 1 saturated heterocycles. The molecule has 2 aromatic rings. The third-order valence-electron chi connectivity index (χ3n) is 12.8. The van der Waals surface area contributed by atoms with Gasteiger partial charge < -0.3 is 91.7 Å². The number of fused-ring (bicyclic) bond motifs is 1. The van der Waals surface area contributed by atoms with E-state index in [0.717, 1.165) is 10.9 Å². The number of aromatic nitrogens is 1. The molecule has 0 unspecified atom stereocenters. The Labute approximate surface area is 457 Å². The molecule has 1 aliphatic heterocycles. The fourth-order valence-corrected chi connectivity index (χ4v) is 8.93. The van der Waals surface area contributed by atoms with Gasteiger partial charge in [-0.15, -0.1) is 0 Å². The molecule has 22 N–H and O–H groups in total. The van der Waals surface area contributed by atoms with E-state index >= 15 is 0 Å². The second-order valence-corrected chi connectivity index (χ2v) is 20.1.